The first-order valence-electron chi connectivity index (χ1n) is 3.01. The summed E-state index contributed by atoms with van der Waals surface area (Å²) >= 11 is 0. The predicted octanol–water partition coefficient (Wildman–Crippen LogP) is -1.67. The molecule has 52 valence electrons. The van der Waals surface area contributed by atoms with Crippen molar-refractivity contribution in [1.82, 2.24) is 10.2 Å². The fourth-order valence-electron chi connectivity index (χ4n) is 0.925. The number of rotatable bonds is 2. The van der Waals surface area contributed by atoms with Crippen molar-refractivity contribution in [1.29, 1.82) is 0 Å². The highest BCUT2D eigenvalue weighted by atomic mass is 16.1. The molecule has 0 aromatic rings. The maximum atomic E-state index is 9.98. The highest BCUT2D eigenvalue weighted by molar-refractivity contribution is 5.52. The Morgan fingerprint density at radius 3 is 3.11 bits per heavy atom. The summed E-state index contributed by atoms with van der Waals surface area (Å²) in [6.07, 6.45) is 0.752. The molecule has 1 heterocycles. The SMILES string of the molecule is NC1NCCN1CC=O. The van der Waals surface area contributed by atoms with Crippen molar-refractivity contribution < 1.29 is 4.79 Å². The first-order valence-corrected chi connectivity index (χ1v) is 3.01. The second-order valence-electron chi connectivity index (χ2n) is 2.06. The largest absolute Gasteiger partial charge is 0.303 e. The average molecular weight is 129 g/mol. The number of aldehydes is 1. The summed E-state index contributed by atoms with van der Waals surface area (Å²) in [6.45, 7) is 2.20. The van der Waals surface area contributed by atoms with Crippen LogP contribution in [0.15, 0.2) is 0 Å². The van der Waals surface area contributed by atoms with Gasteiger partial charge in [0.05, 0.1) is 6.54 Å². The van der Waals surface area contributed by atoms with Gasteiger partial charge in [0, 0.05) is 13.1 Å². The molecule has 1 aliphatic rings. The monoisotopic (exact) mass is 129 g/mol. The maximum Gasteiger partial charge on any atom is 0.134 e. The van der Waals surface area contributed by atoms with Crippen LogP contribution in [0.25, 0.3) is 0 Å². The average Bonchev–Trinajstić information content (AvgIpc) is 2.18. The van der Waals surface area contributed by atoms with E-state index in [0.717, 1.165) is 19.4 Å². The molecule has 9 heavy (non-hydrogen) atoms. The summed E-state index contributed by atoms with van der Waals surface area (Å²) in [5.41, 5.74) is 5.52. The molecule has 0 spiro atoms. The van der Waals surface area contributed by atoms with Gasteiger partial charge in [-0.3, -0.25) is 10.2 Å². The Bertz CT molecular complexity index is 106. The highest BCUT2D eigenvalue weighted by Gasteiger charge is 2.18. The van der Waals surface area contributed by atoms with Crippen molar-refractivity contribution in [3.05, 3.63) is 0 Å². The molecule has 0 bridgehead atoms. The van der Waals surface area contributed by atoms with E-state index in [2.05, 4.69) is 5.32 Å². The lowest BCUT2D eigenvalue weighted by Crippen LogP contribution is -2.44. The van der Waals surface area contributed by atoms with Crippen molar-refractivity contribution in [2.75, 3.05) is 19.6 Å². The van der Waals surface area contributed by atoms with E-state index in [0.29, 0.717) is 6.54 Å². The number of carbonyl (C=O) groups excluding carboxylic acids is 1. The molecule has 0 amide bonds. The smallest absolute Gasteiger partial charge is 0.134 e. The topological polar surface area (TPSA) is 58.4 Å². The second-order valence-corrected chi connectivity index (χ2v) is 2.06. The first-order chi connectivity index (χ1) is 4.34. The van der Waals surface area contributed by atoms with Gasteiger partial charge < -0.3 is 10.5 Å². The summed E-state index contributed by atoms with van der Waals surface area (Å²) in [4.78, 5) is 11.9. The van der Waals surface area contributed by atoms with Crippen LogP contribution in [0.1, 0.15) is 0 Å². The summed E-state index contributed by atoms with van der Waals surface area (Å²) in [5.74, 6) is 0. The quantitative estimate of drug-likeness (QED) is 0.438. The van der Waals surface area contributed by atoms with Crippen molar-refractivity contribution in [3.63, 3.8) is 0 Å². The van der Waals surface area contributed by atoms with E-state index in [1.807, 2.05) is 4.90 Å². The molecule has 4 nitrogen and oxygen atoms in total. The van der Waals surface area contributed by atoms with Crippen molar-refractivity contribution >= 4 is 6.29 Å². The summed E-state index contributed by atoms with van der Waals surface area (Å²) in [5, 5.41) is 3.00. The van der Waals surface area contributed by atoms with Crippen molar-refractivity contribution in [2.45, 2.75) is 6.29 Å². The molecule has 1 saturated heterocycles. The normalized spacial score (nSPS) is 28.8. The molecule has 1 atom stereocenters. The Labute approximate surface area is 54.0 Å². The van der Waals surface area contributed by atoms with Crippen LogP contribution in [0.2, 0.25) is 0 Å². The van der Waals surface area contributed by atoms with Gasteiger partial charge in [-0.2, -0.15) is 0 Å². The van der Waals surface area contributed by atoms with Gasteiger partial charge in [-0.15, -0.1) is 0 Å². The Balaban J connectivity index is 2.30. The molecule has 1 aliphatic heterocycles. The van der Waals surface area contributed by atoms with Gasteiger partial charge in [-0.1, -0.05) is 0 Å². The molecule has 0 aromatic heterocycles. The van der Waals surface area contributed by atoms with E-state index < -0.39 is 0 Å². The molecule has 0 aromatic carbocycles. The molecular formula is C5H11N3O. The Hall–Kier alpha value is -0.450. The van der Waals surface area contributed by atoms with Gasteiger partial charge in [0.25, 0.3) is 0 Å². The predicted molar refractivity (Wildman–Crippen MR) is 33.6 cm³/mol. The number of nitrogens with one attached hydrogen (secondary N) is 1. The number of nitrogens with zero attached hydrogens (tertiary/aromatic N) is 1. The van der Waals surface area contributed by atoms with E-state index >= 15 is 0 Å². The van der Waals surface area contributed by atoms with Gasteiger partial charge in [-0.05, 0) is 0 Å². The number of hydrogen-bond donors (Lipinski definition) is 2. The fourth-order valence-corrected chi connectivity index (χ4v) is 0.925. The summed E-state index contributed by atoms with van der Waals surface area (Å²) < 4.78 is 0. The van der Waals surface area contributed by atoms with Crippen LogP contribution >= 0.6 is 0 Å². The number of nitrogens with two attached hydrogens (primary N) is 1. The van der Waals surface area contributed by atoms with E-state index in [-0.39, 0.29) is 6.29 Å². The first kappa shape index (κ1) is 6.67. The minimum atomic E-state index is -0.116. The van der Waals surface area contributed by atoms with Gasteiger partial charge >= 0.3 is 0 Å². The second kappa shape index (κ2) is 2.91. The lowest BCUT2D eigenvalue weighted by molar-refractivity contribution is -0.109. The number of carbonyl (C=O) groups is 1. The van der Waals surface area contributed by atoms with Crippen LogP contribution in [-0.2, 0) is 4.79 Å². The van der Waals surface area contributed by atoms with Gasteiger partial charge in [0.1, 0.15) is 12.6 Å². The van der Waals surface area contributed by atoms with Crippen LogP contribution in [0.4, 0.5) is 0 Å². The molecule has 0 aliphatic carbocycles. The van der Waals surface area contributed by atoms with Crippen LogP contribution in [0.5, 0.6) is 0 Å². The molecular weight excluding hydrogens is 118 g/mol. The molecule has 1 unspecified atom stereocenters. The zero-order valence-electron chi connectivity index (χ0n) is 5.21. The van der Waals surface area contributed by atoms with Gasteiger partial charge in [0.2, 0.25) is 0 Å². The zero-order valence-corrected chi connectivity index (χ0v) is 5.21. The molecule has 1 rings (SSSR count). The van der Waals surface area contributed by atoms with Gasteiger partial charge in [0.15, 0.2) is 0 Å². The van der Waals surface area contributed by atoms with E-state index in [9.17, 15) is 4.79 Å². The number of hydrogen-bond acceptors (Lipinski definition) is 4. The minimum Gasteiger partial charge on any atom is -0.303 e. The molecule has 3 N–H and O–H groups in total. The standard InChI is InChI=1S/C5H11N3O/c6-5-7-1-2-8(5)3-4-9/h4-5,7H,1-3,6H2. The molecule has 0 radical (unpaired) electrons. The van der Waals surface area contributed by atoms with Crippen molar-refractivity contribution in [3.8, 4) is 0 Å². The van der Waals surface area contributed by atoms with E-state index in [1.165, 1.54) is 0 Å². The third-order valence-corrected chi connectivity index (χ3v) is 1.45. The van der Waals surface area contributed by atoms with E-state index in [4.69, 9.17) is 5.73 Å². The van der Waals surface area contributed by atoms with E-state index in [1.54, 1.807) is 0 Å². The van der Waals surface area contributed by atoms with Crippen LogP contribution in [0, 0.1) is 0 Å². The lowest BCUT2D eigenvalue weighted by Gasteiger charge is -2.15. The van der Waals surface area contributed by atoms with Crippen LogP contribution in [-0.4, -0.2) is 37.1 Å². The van der Waals surface area contributed by atoms with Crippen LogP contribution < -0.4 is 11.1 Å². The van der Waals surface area contributed by atoms with Crippen molar-refractivity contribution in [2.24, 2.45) is 5.73 Å². The minimum absolute atomic E-state index is 0.116. The van der Waals surface area contributed by atoms with Crippen LogP contribution in [0.3, 0.4) is 0 Å². The summed E-state index contributed by atoms with van der Waals surface area (Å²) in [6, 6.07) is 0. The highest BCUT2D eigenvalue weighted by Crippen LogP contribution is 1.93. The third-order valence-electron chi connectivity index (χ3n) is 1.45. The zero-order chi connectivity index (χ0) is 6.69. The Morgan fingerprint density at radius 1 is 1.89 bits per heavy atom. The Kier molecular flexibility index (Phi) is 2.16. The molecule has 1 fully saturated rings. The molecule has 0 saturated carbocycles. The molecule has 4 heteroatoms. The lowest BCUT2D eigenvalue weighted by atomic mass is 10.5. The fraction of sp³-hybridized carbons (Fsp3) is 0.800. The Morgan fingerprint density at radius 2 is 2.67 bits per heavy atom. The summed E-state index contributed by atoms with van der Waals surface area (Å²) in [7, 11) is 0. The van der Waals surface area contributed by atoms with Gasteiger partial charge in [-0.25, -0.2) is 0 Å². The maximum absolute atomic E-state index is 9.98. The third kappa shape index (κ3) is 1.48.